The molecule has 1 aromatic carbocycles. The molecule has 1 rings (SSSR count). The average molecular weight is 279 g/mol. The quantitative estimate of drug-likeness (QED) is 0.763. The Balaban J connectivity index is 2.14. The lowest BCUT2D eigenvalue weighted by atomic mass is 10.1. The zero-order chi connectivity index (χ0) is 15.0. The fourth-order valence-corrected chi connectivity index (χ4v) is 1.54. The van der Waals surface area contributed by atoms with E-state index in [9.17, 15) is 9.59 Å². The Morgan fingerprint density at radius 1 is 1.30 bits per heavy atom. The van der Waals surface area contributed by atoms with Gasteiger partial charge in [0.2, 0.25) is 5.91 Å². The molecule has 0 aliphatic rings. The summed E-state index contributed by atoms with van der Waals surface area (Å²) in [6.45, 7) is 4.30. The molecule has 0 radical (unpaired) electrons. The number of hydrogen-bond acceptors (Lipinski definition) is 3. The third-order valence-electron chi connectivity index (χ3n) is 2.94. The average Bonchev–Trinajstić information content (AvgIpc) is 2.40. The first-order chi connectivity index (χ1) is 9.49. The van der Waals surface area contributed by atoms with Gasteiger partial charge in [-0.3, -0.25) is 9.59 Å². The second-order valence-corrected chi connectivity index (χ2v) is 4.79. The number of carboxylic acids is 1. The van der Waals surface area contributed by atoms with E-state index in [1.807, 2.05) is 31.2 Å². The highest BCUT2D eigenvalue weighted by Crippen LogP contribution is 2.11. The number of carbonyl (C=O) groups is 2. The van der Waals surface area contributed by atoms with E-state index in [0.717, 1.165) is 11.3 Å². The van der Waals surface area contributed by atoms with Crippen LogP contribution in [0, 0.1) is 12.8 Å². The highest BCUT2D eigenvalue weighted by molar-refractivity contribution is 5.76. The number of amides is 1. The van der Waals surface area contributed by atoms with E-state index in [2.05, 4.69) is 5.32 Å². The predicted octanol–water partition coefficient (Wildman–Crippen LogP) is 1.99. The Labute approximate surface area is 118 Å². The molecule has 0 fully saturated rings. The van der Waals surface area contributed by atoms with Crippen molar-refractivity contribution < 1.29 is 19.4 Å². The molecular weight excluding hydrogens is 258 g/mol. The summed E-state index contributed by atoms with van der Waals surface area (Å²) in [5.74, 6) is -0.682. The topological polar surface area (TPSA) is 75.6 Å². The lowest BCUT2D eigenvalue weighted by molar-refractivity contribution is -0.141. The van der Waals surface area contributed by atoms with Crippen LogP contribution in [0.5, 0.6) is 5.75 Å². The lowest BCUT2D eigenvalue weighted by Crippen LogP contribution is -2.28. The van der Waals surface area contributed by atoms with Gasteiger partial charge in [-0.25, -0.2) is 0 Å². The van der Waals surface area contributed by atoms with Crippen molar-refractivity contribution in [1.29, 1.82) is 0 Å². The van der Waals surface area contributed by atoms with Crippen molar-refractivity contribution in [2.75, 3.05) is 13.2 Å². The normalized spacial score (nSPS) is 11.7. The van der Waals surface area contributed by atoms with Crippen LogP contribution in [0.1, 0.15) is 25.3 Å². The molecule has 20 heavy (non-hydrogen) atoms. The van der Waals surface area contributed by atoms with Crippen LogP contribution in [0.3, 0.4) is 0 Å². The number of benzene rings is 1. The van der Waals surface area contributed by atoms with Crippen LogP contribution in [-0.4, -0.2) is 30.1 Å². The number of rotatable bonds is 8. The number of hydrogen-bond donors (Lipinski definition) is 2. The van der Waals surface area contributed by atoms with E-state index >= 15 is 0 Å². The van der Waals surface area contributed by atoms with Crippen LogP contribution in [0.25, 0.3) is 0 Å². The molecule has 0 saturated carbocycles. The minimum Gasteiger partial charge on any atom is -0.493 e. The van der Waals surface area contributed by atoms with Gasteiger partial charge in [0, 0.05) is 6.54 Å². The Morgan fingerprint density at radius 2 is 1.95 bits per heavy atom. The number of carbonyl (C=O) groups excluding carboxylic acids is 1. The van der Waals surface area contributed by atoms with Crippen molar-refractivity contribution in [1.82, 2.24) is 5.32 Å². The summed E-state index contributed by atoms with van der Waals surface area (Å²) in [6.07, 6.45) is 0.690. The largest absolute Gasteiger partial charge is 0.493 e. The third kappa shape index (κ3) is 6.22. The molecule has 0 heterocycles. The zero-order valence-corrected chi connectivity index (χ0v) is 11.9. The molecule has 0 saturated heterocycles. The molecule has 5 heteroatoms. The highest BCUT2D eigenvalue weighted by atomic mass is 16.5. The number of aryl methyl sites for hydroxylation is 1. The first kappa shape index (κ1) is 16.0. The monoisotopic (exact) mass is 279 g/mol. The van der Waals surface area contributed by atoms with Gasteiger partial charge in [-0.2, -0.15) is 0 Å². The van der Waals surface area contributed by atoms with Crippen LogP contribution >= 0.6 is 0 Å². The Bertz CT molecular complexity index is 442. The van der Waals surface area contributed by atoms with E-state index in [-0.39, 0.29) is 12.3 Å². The minimum atomic E-state index is -0.845. The van der Waals surface area contributed by atoms with E-state index in [0.29, 0.717) is 19.6 Å². The third-order valence-corrected chi connectivity index (χ3v) is 2.94. The maximum absolute atomic E-state index is 11.5. The molecule has 1 amide bonds. The van der Waals surface area contributed by atoms with E-state index in [1.54, 1.807) is 6.92 Å². The highest BCUT2D eigenvalue weighted by Gasteiger charge is 2.10. The van der Waals surface area contributed by atoms with Gasteiger partial charge in [0.25, 0.3) is 0 Å². The van der Waals surface area contributed by atoms with Crippen LogP contribution in [0.15, 0.2) is 24.3 Å². The molecular formula is C15H21NO4. The lowest BCUT2D eigenvalue weighted by Gasteiger charge is -2.09. The fourth-order valence-electron chi connectivity index (χ4n) is 1.54. The van der Waals surface area contributed by atoms with Crippen molar-refractivity contribution in [3.63, 3.8) is 0 Å². The van der Waals surface area contributed by atoms with Crippen molar-refractivity contribution >= 4 is 11.9 Å². The van der Waals surface area contributed by atoms with Crippen molar-refractivity contribution in [3.05, 3.63) is 29.8 Å². The summed E-state index contributed by atoms with van der Waals surface area (Å²) in [6, 6.07) is 7.62. The van der Waals surface area contributed by atoms with Crippen molar-refractivity contribution in [3.8, 4) is 5.75 Å². The van der Waals surface area contributed by atoms with Gasteiger partial charge in [-0.1, -0.05) is 24.6 Å². The molecule has 0 bridgehead atoms. The maximum atomic E-state index is 11.5. The van der Waals surface area contributed by atoms with Gasteiger partial charge >= 0.3 is 5.97 Å². The SMILES string of the molecule is Cc1ccc(OCCC(=O)NCCC(C)C(=O)O)cc1. The maximum Gasteiger partial charge on any atom is 0.306 e. The summed E-state index contributed by atoms with van der Waals surface area (Å²) >= 11 is 0. The van der Waals surface area contributed by atoms with Gasteiger partial charge in [-0.15, -0.1) is 0 Å². The summed E-state index contributed by atoms with van der Waals surface area (Å²) in [4.78, 5) is 22.1. The number of nitrogens with one attached hydrogen (secondary N) is 1. The minimum absolute atomic E-state index is 0.130. The van der Waals surface area contributed by atoms with Crippen LogP contribution in [0.4, 0.5) is 0 Å². The zero-order valence-electron chi connectivity index (χ0n) is 11.9. The molecule has 2 N–H and O–H groups in total. The van der Waals surface area contributed by atoms with Gasteiger partial charge in [0.05, 0.1) is 18.9 Å². The molecule has 0 aliphatic heterocycles. The van der Waals surface area contributed by atoms with Crippen LogP contribution in [0.2, 0.25) is 0 Å². The summed E-state index contributed by atoms with van der Waals surface area (Å²) in [7, 11) is 0. The number of ether oxygens (including phenoxy) is 1. The molecule has 0 aromatic heterocycles. The smallest absolute Gasteiger partial charge is 0.306 e. The Hall–Kier alpha value is -2.04. The number of carboxylic acid groups (broad SMARTS) is 1. The van der Waals surface area contributed by atoms with Gasteiger partial charge < -0.3 is 15.2 Å². The first-order valence-corrected chi connectivity index (χ1v) is 6.68. The fraction of sp³-hybridized carbons (Fsp3) is 0.467. The summed E-state index contributed by atoms with van der Waals surface area (Å²) in [5.41, 5.74) is 1.16. The molecule has 1 unspecified atom stereocenters. The van der Waals surface area contributed by atoms with Crippen LogP contribution < -0.4 is 10.1 Å². The molecule has 5 nitrogen and oxygen atoms in total. The number of aliphatic carboxylic acids is 1. The van der Waals surface area contributed by atoms with E-state index in [4.69, 9.17) is 9.84 Å². The molecule has 110 valence electrons. The van der Waals surface area contributed by atoms with Crippen molar-refractivity contribution in [2.45, 2.75) is 26.7 Å². The molecule has 0 spiro atoms. The summed E-state index contributed by atoms with van der Waals surface area (Å²) < 4.78 is 5.44. The Kier molecular flexibility index (Phi) is 6.56. The second-order valence-electron chi connectivity index (χ2n) is 4.79. The van der Waals surface area contributed by atoms with Gasteiger partial charge in [0.15, 0.2) is 0 Å². The first-order valence-electron chi connectivity index (χ1n) is 6.68. The predicted molar refractivity (Wildman–Crippen MR) is 75.7 cm³/mol. The standard InChI is InChI=1S/C15H21NO4/c1-11-3-5-13(6-4-11)20-10-8-14(17)16-9-7-12(2)15(18)19/h3-6,12H,7-10H2,1-2H3,(H,16,17)(H,18,19). The van der Waals surface area contributed by atoms with E-state index < -0.39 is 11.9 Å². The molecule has 0 aliphatic carbocycles. The van der Waals surface area contributed by atoms with Gasteiger partial charge in [-0.05, 0) is 25.5 Å². The Morgan fingerprint density at radius 3 is 2.55 bits per heavy atom. The summed E-state index contributed by atoms with van der Waals surface area (Å²) in [5, 5.41) is 11.4. The van der Waals surface area contributed by atoms with E-state index in [1.165, 1.54) is 0 Å². The van der Waals surface area contributed by atoms with Crippen LogP contribution in [-0.2, 0) is 9.59 Å². The van der Waals surface area contributed by atoms with Crippen molar-refractivity contribution in [2.24, 2.45) is 5.92 Å². The molecule has 1 atom stereocenters. The molecule has 1 aromatic rings. The second kappa shape index (κ2) is 8.19. The van der Waals surface area contributed by atoms with Gasteiger partial charge in [0.1, 0.15) is 5.75 Å².